The number of carbonyl (C=O) groups excluding carboxylic acids is 3. The number of Topliss-reactive ketones (excluding diaryl/α,β-unsaturated/α-hetero) is 1. The monoisotopic (exact) mass is 392 g/mol. The summed E-state index contributed by atoms with van der Waals surface area (Å²) in [6, 6.07) is 6.33. The molecule has 0 radical (unpaired) electrons. The van der Waals surface area contributed by atoms with E-state index >= 15 is 0 Å². The zero-order chi connectivity index (χ0) is 19.8. The fourth-order valence-electron chi connectivity index (χ4n) is 3.61. The zero-order valence-electron chi connectivity index (χ0n) is 15.5. The number of nitrogens with zero attached hydrogens (tertiary/aromatic N) is 1. The van der Waals surface area contributed by atoms with Gasteiger partial charge in [0.1, 0.15) is 0 Å². The molecule has 2 amide bonds. The normalized spacial score (nSPS) is 25.6. The van der Waals surface area contributed by atoms with Gasteiger partial charge in [0.2, 0.25) is 11.8 Å². The number of nitrogens with one attached hydrogen (secondary N) is 1. The van der Waals surface area contributed by atoms with Gasteiger partial charge in [0, 0.05) is 23.8 Å². The van der Waals surface area contributed by atoms with E-state index in [0.29, 0.717) is 30.6 Å². The minimum absolute atomic E-state index is 0.0126. The van der Waals surface area contributed by atoms with Crippen LogP contribution in [-0.4, -0.2) is 55.0 Å². The molecule has 1 N–H and O–H groups in total. The lowest BCUT2D eigenvalue weighted by atomic mass is 10.1. The van der Waals surface area contributed by atoms with Gasteiger partial charge in [-0.05, 0) is 51.0 Å². The smallest absolute Gasteiger partial charge is 0.228 e. The van der Waals surface area contributed by atoms with Crippen molar-refractivity contribution in [2.45, 2.75) is 32.7 Å². The average Bonchev–Trinajstić information content (AvgIpc) is 3.34. The summed E-state index contributed by atoms with van der Waals surface area (Å²) >= 11 is 0. The Labute approximate surface area is 159 Å². The first-order valence-electron chi connectivity index (χ1n) is 9.14. The topological polar surface area (TPSA) is 101 Å². The molecule has 1 aromatic rings. The Kier molecular flexibility index (Phi) is 5.37. The van der Waals surface area contributed by atoms with E-state index in [9.17, 15) is 22.8 Å². The molecular weight excluding hydrogens is 368 g/mol. The molecule has 1 saturated heterocycles. The van der Waals surface area contributed by atoms with Crippen LogP contribution in [0.5, 0.6) is 0 Å². The van der Waals surface area contributed by atoms with Crippen LogP contribution in [0.2, 0.25) is 0 Å². The van der Waals surface area contributed by atoms with Crippen LogP contribution in [0, 0.1) is 11.8 Å². The van der Waals surface area contributed by atoms with Gasteiger partial charge < -0.3 is 10.2 Å². The number of hydrogen-bond donors (Lipinski definition) is 1. The Hall–Kier alpha value is -2.22. The molecule has 27 heavy (non-hydrogen) atoms. The molecule has 0 aromatic heterocycles. The fraction of sp³-hybridized carbons (Fsp3) is 0.526. The number of benzene rings is 1. The van der Waals surface area contributed by atoms with Gasteiger partial charge in [-0.25, -0.2) is 8.42 Å². The van der Waals surface area contributed by atoms with Gasteiger partial charge in [-0.1, -0.05) is 0 Å². The highest BCUT2D eigenvalue weighted by molar-refractivity contribution is 7.91. The van der Waals surface area contributed by atoms with E-state index in [1.54, 1.807) is 29.2 Å². The van der Waals surface area contributed by atoms with E-state index in [2.05, 4.69) is 5.32 Å². The van der Waals surface area contributed by atoms with Crippen molar-refractivity contribution >= 4 is 33.1 Å². The van der Waals surface area contributed by atoms with Gasteiger partial charge in [-0.3, -0.25) is 14.4 Å². The van der Waals surface area contributed by atoms with Crippen LogP contribution in [0.25, 0.3) is 0 Å². The van der Waals surface area contributed by atoms with Gasteiger partial charge in [0.25, 0.3) is 0 Å². The molecule has 0 bridgehead atoms. The van der Waals surface area contributed by atoms with Gasteiger partial charge in [0.15, 0.2) is 15.6 Å². The van der Waals surface area contributed by atoms with E-state index in [4.69, 9.17) is 0 Å². The second kappa shape index (κ2) is 7.42. The van der Waals surface area contributed by atoms with Gasteiger partial charge in [-0.15, -0.1) is 0 Å². The quantitative estimate of drug-likeness (QED) is 0.740. The van der Waals surface area contributed by atoms with Gasteiger partial charge >= 0.3 is 0 Å². The van der Waals surface area contributed by atoms with Crippen molar-refractivity contribution in [2.75, 3.05) is 23.4 Å². The minimum atomic E-state index is -3.07. The Morgan fingerprint density at radius 1 is 1.15 bits per heavy atom. The molecule has 1 aromatic carbocycles. The van der Waals surface area contributed by atoms with Crippen LogP contribution in [0.1, 0.15) is 37.0 Å². The third-order valence-electron chi connectivity index (χ3n) is 5.28. The molecule has 1 aliphatic heterocycles. The summed E-state index contributed by atoms with van der Waals surface area (Å²) in [7, 11) is -3.07. The Bertz CT molecular complexity index is 863. The highest BCUT2D eigenvalue weighted by Crippen LogP contribution is 2.41. The first-order valence-corrected chi connectivity index (χ1v) is 11.0. The van der Waals surface area contributed by atoms with E-state index in [-0.39, 0.29) is 41.1 Å². The van der Waals surface area contributed by atoms with Crippen molar-refractivity contribution < 1.29 is 22.8 Å². The van der Waals surface area contributed by atoms with Crippen molar-refractivity contribution in [3.05, 3.63) is 29.8 Å². The predicted molar refractivity (Wildman–Crippen MR) is 101 cm³/mol. The summed E-state index contributed by atoms with van der Waals surface area (Å²) in [5.41, 5.74) is 1.15. The molecule has 8 heteroatoms. The average molecular weight is 392 g/mol. The SMILES string of the molecule is CCN(C(=O)C1CC1C(=O)Nc1ccc(C(C)=O)cc1)C1CCS(=O)(=O)C1. The molecule has 7 nitrogen and oxygen atoms in total. The number of sulfone groups is 1. The summed E-state index contributed by atoms with van der Waals surface area (Å²) < 4.78 is 23.4. The molecular formula is C19H24N2O5S. The first kappa shape index (κ1) is 19.5. The van der Waals surface area contributed by atoms with E-state index in [0.717, 1.165) is 0 Å². The van der Waals surface area contributed by atoms with Gasteiger partial charge in [-0.2, -0.15) is 0 Å². The molecule has 146 valence electrons. The molecule has 1 saturated carbocycles. The van der Waals surface area contributed by atoms with Crippen molar-refractivity contribution in [1.29, 1.82) is 0 Å². The third kappa shape index (κ3) is 4.37. The van der Waals surface area contributed by atoms with Crippen LogP contribution >= 0.6 is 0 Å². The molecule has 2 aliphatic rings. The Morgan fingerprint density at radius 2 is 1.81 bits per heavy atom. The van der Waals surface area contributed by atoms with Crippen molar-refractivity contribution in [2.24, 2.45) is 11.8 Å². The number of amides is 2. The Balaban J connectivity index is 1.58. The van der Waals surface area contributed by atoms with Crippen LogP contribution in [-0.2, 0) is 19.4 Å². The molecule has 0 spiro atoms. The third-order valence-corrected chi connectivity index (χ3v) is 7.03. The molecule has 2 fully saturated rings. The number of carbonyl (C=O) groups is 3. The van der Waals surface area contributed by atoms with E-state index in [1.165, 1.54) is 6.92 Å². The highest BCUT2D eigenvalue weighted by Gasteiger charge is 2.50. The summed E-state index contributed by atoms with van der Waals surface area (Å²) in [4.78, 5) is 38.0. The first-order chi connectivity index (χ1) is 12.7. The lowest BCUT2D eigenvalue weighted by Gasteiger charge is -2.27. The van der Waals surface area contributed by atoms with Crippen molar-refractivity contribution in [3.8, 4) is 0 Å². The number of ketones is 1. The maximum absolute atomic E-state index is 12.7. The Morgan fingerprint density at radius 3 is 2.33 bits per heavy atom. The highest BCUT2D eigenvalue weighted by atomic mass is 32.2. The molecule has 1 aliphatic carbocycles. The summed E-state index contributed by atoms with van der Waals surface area (Å²) in [6.07, 6.45) is 0.945. The molecule has 3 unspecified atom stereocenters. The van der Waals surface area contributed by atoms with Crippen molar-refractivity contribution in [3.63, 3.8) is 0 Å². The summed E-state index contributed by atoms with van der Waals surface area (Å²) in [6.45, 7) is 3.75. The lowest BCUT2D eigenvalue weighted by Crippen LogP contribution is -2.42. The number of hydrogen-bond acceptors (Lipinski definition) is 5. The number of anilines is 1. The second-order valence-corrected chi connectivity index (χ2v) is 9.48. The van der Waals surface area contributed by atoms with Crippen LogP contribution in [0.4, 0.5) is 5.69 Å². The van der Waals surface area contributed by atoms with Crippen LogP contribution in [0.15, 0.2) is 24.3 Å². The fourth-order valence-corrected chi connectivity index (χ4v) is 5.34. The lowest BCUT2D eigenvalue weighted by molar-refractivity contribution is -0.135. The predicted octanol–water partition coefficient (Wildman–Crippen LogP) is 1.50. The summed E-state index contributed by atoms with van der Waals surface area (Å²) in [5.74, 6) is -1.05. The molecule has 3 rings (SSSR count). The maximum atomic E-state index is 12.7. The van der Waals surface area contributed by atoms with Gasteiger partial charge in [0.05, 0.1) is 23.3 Å². The molecule has 1 heterocycles. The molecule has 3 atom stereocenters. The van der Waals surface area contributed by atoms with Crippen LogP contribution < -0.4 is 5.32 Å². The van der Waals surface area contributed by atoms with E-state index < -0.39 is 15.8 Å². The van der Waals surface area contributed by atoms with E-state index in [1.807, 2.05) is 6.92 Å². The minimum Gasteiger partial charge on any atom is -0.339 e. The number of rotatable bonds is 6. The second-order valence-electron chi connectivity index (χ2n) is 7.25. The largest absolute Gasteiger partial charge is 0.339 e. The summed E-state index contributed by atoms with van der Waals surface area (Å²) in [5, 5.41) is 2.78. The van der Waals surface area contributed by atoms with Crippen LogP contribution in [0.3, 0.4) is 0 Å². The van der Waals surface area contributed by atoms with Crippen molar-refractivity contribution in [1.82, 2.24) is 4.90 Å². The zero-order valence-corrected chi connectivity index (χ0v) is 16.3. The standard InChI is InChI=1S/C19H24N2O5S/c1-3-21(15-8-9-27(25,26)11-15)19(24)17-10-16(17)18(23)20-14-6-4-13(5-7-14)12(2)22/h4-7,15-17H,3,8-11H2,1-2H3,(H,20,23). The maximum Gasteiger partial charge on any atom is 0.228 e.